The van der Waals surface area contributed by atoms with Crippen molar-refractivity contribution in [1.29, 1.82) is 0 Å². The zero-order chi connectivity index (χ0) is 50.5. The highest BCUT2D eigenvalue weighted by atomic mass is 16.6. The number of ether oxygens (including phenoxy) is 5. The van der Waals surface area contributed by atoms with Crippen LogP contribution in [-0.2, 0) is 38.1 Å². The first-order valence-electron chi connectivity index (χ1n) is 22.6. The Hall–Kier alpha value is -7.12. The van der Waals surface area contributed by atoms with Crippen LogP contribution in [-0.4, -0.2) is 110 Å². The first kappa shape index (κ1) is 49.3. The Bertz CT molecular complexity index is 2770. The summed E-state index contributed by atoms with van der Waals surface area (Å²) in [5.74, 6) is -7.91. The van der Waals surface area contributed by atoms with Crippen LogP contribution < -0.4 is 5.32 Å². The topological polar surface area (TPSA) is 264 Å². The van der Waals surface area contributed by atoms with E-state index in [0.717, 1.165) is 19.1 Å². The number of hydrogen-bond acceptors (Lipinski definition) is 16. The molecule has 2 bridgehead atoms. The summed E-state index contributed by atoms with van der Waals surface area (Å²) in [7, 11) is 0. The van der Waals surface area contributed by atoms with Crippen LogP contribution in [0.25, 0.3) is 0 Å². The number of fused-ring (bicyclic) bond motifs is 5. The van der Waals surface area contributed by atoms with Crippen molar-refractivity contribution in [3.63, 3.8) is 0 Å². The number of nitrogens with one attached hydrogen (secondary N) is 1. The maximum atomic E-state index is 16.0. The van der Waals surface area contributed by atoms with Crippen LogP contribution in [0, 0.1) is 26.9 Å². The summed E-state index contributed by atoms with van der Waals surface area (Å²) in [5, 5.41) is 53.0. The Kier molecular flexibility index (Phi) is 13.1. The standard InChI is InChI=1S/C52H52N2O16/c1-28-35(67-48(62)40(57)39(30-17-9-6-10-18-30)53-45(59)31-19-11-7-12-20-31)26-52(63)44(69-46(60)32-21-13-8-14-22-32)42-50(5,36(56)25-37-51(42,27-66-37)70-29(2)55)43(58)41(38(28)49(52,3)4)68-47(61)33-23-15-16-24-34(33)54(64)65/h6-24,35-37,39-42,44,56-57,63H,25-27H2,1-5H3,(H,53,59)/t35-,36-,37+,39?,40?,41+,42?,44-,50+,51-,52+/m0/s1. The third-order valence-corrected chi connectivity index (χ3v) is 14.7. The van der Waals surface area contributed by atoms with Crippen molar-refractivity contribution in [3.8, 4) is 0 Å². The van der Waals surface area contributed by atoms with E-state index in [1.807, 2.05) is 0 Å². The molecule has 3 aliphatic carbocycles. The summed E-state index contributed by atoms with van der Waals surface area (Å²) in [5.41, 5.74) is -9.43. The fourth-order valence-corrected chi connectivity index (χ4v) is 11.0. The van der Waals surface area contributed by atoms with Gasteiger partial charge in [0.15, 0.2) is 23.6 Å². The van der Waals surface area contributed by atoms with Gasteiger partial charge in [-0.1, -0.05) is 92.7 Å². The second-order valence-electron chi connectivity index (χ2n) is 18.9. The molecule has 3 fully saturated rings. The molecule has 18 nitrogen and oxygen atoms in total. The van der Waals surface area contributed by atoms with E-state index in [4.69, 9.17) is 23.7 Å². The number of benzene rings is 4. The number of carbonyl (C=O) groups is 6. The van der Waals surface area contributed by atoms with E-state index in [0.29, 0.717) is 5.56 Å². The predicted octanol–water partition coefficient (Wildman–Crippen LogP) is 4.94. The van der Waals surface area contributed by atoms with E-state index in [1.54, 1.807) is 66.7 Å². The van der Waals surface area contributed by atoms with Crippen molar-refractivity contribution >= 4 is 41.3 Å². The van der Waals surface area contributed by atoms with Gasteiger partial charge in [-0.25, -0.2) is 14.4 Å². The van der Waals surface area contributed by atoms with E-state index in [1.165, 1.54) is 64.1 Å². The van der Waals surface area contributed by atoms with Crippen LogP contribution in [0.2, 0.25) is 0 Å². The van der Waals surface area contributed by atoms with Gasteiger partial charge in [-0.2, -0.15) is 0 Å². The lowest BCUT2D eigenvalue weighted by Crippen LogP contribution is -2.82. The lowest BCUT2D eigenvalue weighted by molar-refractivity contribution is -0.385. The van der Waals surface area contributed by atoms with Crippen LogP contribution in [0.3, 0.4) is 0 Å². The van der Waals surface area contributed by atoms with Crippen molar-refractivity contribution in [2.75, 3.05) is 6.61 Å². The van der Waals surface area contributed by atoms with Crippen LogP contribution in [0.5, 0.6) is 0 Å². The quantitative estimate of drug-likeness (QED) is 0.0482. The molecule has 3 unspecified atom stereocenters. The zero-order valence-corrected chi connectivity index (χ0v) is 38.8. The molecule has 0 radical (unpaired) electrons. The summed E-state index contributed by atoms with van der Waals surface area (Å²) in [4.78, 5) is 97.5. The molecule has 0 spiro atoms. The minimum absolute atomic E-state index is 0.00733. The molecular formula is C52H52N2O16. The van der Waals surface area contributed by atoms with Gasteiger partial charge in [-0.3, -0.25) is 24.5 Å². The molecule has 4 aromatic carbocycles. The molecule has 18 heteroatoms. The molecule has 4 aliphatic rings. The first-order valence-corrected chi connectivity index (χ1v) is 22.6. The molecule has 8 rings (SSSR count). The average Bonchev–Trinajstić information content (AvgIpc) is 3.34. The van der Waals surface area contributed by atoms with Gasteiger partial charge in [0.25, 0.3) is 11.6 Å². The predicted molar refractivity (Wildman–Crippen MR) is 244 cm³/mol. The van der Waals surface area contributed by atoms with E-state index in [9.17, 15) is 49.4 Å². The van der Waals surface area contributed by atoms with Gasteiger partial charge in [0, 0.05) is 36.8 Å². The number of para-hydroxylation sites is 1. The molecule has 70 heavy (non-hydrogen) atoms. The number of rotatable bonds is 12. The van der Waals surface area contributed by atoms with E-state index < -0.39 is 135 Å². The fourth-order valence-electron chi connectivity index (χ4n) is 11.0. The second kappa shape index (κ2) is 18.7. The Morgan fingerprint density at radius 1 is 0.829 bits per heavy atom. The van der Waals surface area contributed by atoms with Gasteiger partial charge in [0.2, 0.25) is 0 Å². The normalized spacial score (nSPS) is 29.5. The molecule has 1 aliphatic heterocycles. The second-order valence-corrected chi connectivity index (χ2v) is 18.9. The van der Waals surface area contributed by atoms with Gasteiger partial charge < -0.3 is 44.3 Å². The number of esters is 4. The smallest absolute Gasteiger partial charge is 0.346 e. The van der Waals surface area contributed by atoms with E-state index in [-0.39, 0.29) is 28.7 Å². The van der Waals surface area contributed by atoms with Gasteiger partial charge >= 0.3 is 23.9 Å². The van der Waals surface area contributed by atoms with Gasteiger partial charge in [-0.05, 0) is 60.9 Å². The Morgan fingerprint density at radius 3 is 2.00 bits per heavy atom. The van der Waals surface area contributed by atoms with Gasteiger partial charge in [-0.15, -0.1) is 0 Å². The highest BCUT2D eigenvalue weighted by Gasteiger charge is 2.78. The number of nitrogens with zero attached hydrogens (tertiary/aromatic N) is 1. The molecule has 1 amide bonds. The number of carbonyl (C=O) groups excluding carboxylic acids is 6. The van der Waals surface area contributed by atoms with Crippen LogP contribution >= 0.6 is 0 Å². The molecular weight excluding hydrogens is 909 g/mol. The van der Waals surface area contributed by atoms with E-state index in [2.05, 4.69) is 5.32 Å². The third kappa shape index (κ3) is 8.23. The Labute approximate surface area is 401 Å². The SMILES string of the molecule is CC(=O)O[C@@]12CO[C@@H]1C[C@H](O)[C@@]1(C)C(=O)[C@H](OC(=O)c3ccccc3[N+](=O)[O-])C3=C(C)[C@@H](OC(=O)C(O)C(NC(=O)c4ccccc4)c4ccccc4)C[C@@](O)([C@@H](OC(=O)c4ccccc4)C12)C3(C)C. The monoisotopic (exact) mass is 960 g/mol. The molecule has 1 saturated heterocycles. The highest BCUT2D eigenvalue weighted by Crippen LogP contribution is 2.64. The average molecular weight is 961 g/mol. The minimum atomic E-state index is -2.55. The van der Waals surface area contributed by atoms with Gasteiger partial charge in [0.1, 0.15) is 29.5 Å². The maximum Gasteiger partial charge on any atom is 0.346 e. The Balaban J connectivity index is 1.32. The number of Topliss-reactive ketones (excluding diaryl/α,β-unsaturated/α-hetero) is 1. The van der Waals surface area contributed by atoms with Crippen LogP contribution in [0.1, 0.15) is 90.1 Å². The largest absolute Gasteiger partial charge is 0.456 e. The molecule has 11 atom stereocenters. The zero-order valence-electron chi connectivity index (χ0n) is 38.8. The summed E-state index contributed by atoms with van der Waals surface area (Å²) in [6.07, 6.45) is -11.7. The minimum Gasteiger partial charge on any atom is -0.456 e. The third-order valence-electron chi connectivity index (χ3n) is 14.7. The summed E-state index contributed by atoms with van der Waals surface area (Å²) in [6.45, 7) is 6.40. The lowest BCUT2D eigenvalue weighted by Gasteiger charge is -2.67. The molecule has 366 valence electrons. The number of aliphatic hydroxyl groups is 3. The van der Waals surface area contributed by atoms with Crippen molar-refractivity contribution in [2.24, 2.45) is 16.7 Å². The first-order chi connectivity index (χ1) is 33.2. The molecule has 2 saturated carbocycles. The number of nitro groups is 1. The number of aliphatic hydroxyl groups excluding tert-OH is 2. The molecule has 4 aromatic rings. The van der Waals surface area contributed by atoms with Crippen LogP contribution in [0.4, 0.5) is 5.69 Å². The number of nitro benzene ring substituents is 1. The van der Waals surface area contributed by atoms with Crippen molar-refractivity contribution in [3.05, 3.63) is 159 Å². The maximum absolute atomic E-state index is 16.0. The number of ketones is 1. The summed E-state index contributed by atoms with van der Waals surface area (Å²) in [6, 6.07) is 27.2. The summed E-state index contributed by atoms with van der Waals surface area (Å²) < 4.78 is 30.7. The van der Waals surface area contributed by atoms with E-state index >= 15 is 4.79 Å². The highest BCUT2D eigenvalue weighted by molar-refractivity contribution is 6.00. The van der Waals surface area contributed by atoms with Crippen molar-refractivity contribution in [2.45, 2.75) is 101 Å². The lowest BCUT2D eigenvalue weighted by atomic mass is 9.44. The number of amides is 1. The van der Waals surface area contributed by atoms with Gasteiger partial charge in [0.05, 0.1) is 40.6 Å². The van der Waals surface area contributed by atoms with Crippen LogP contribution in [0.15, 0.2) is 126 Å². The molecule has 1 heterocycles. The number of hydrogen-bond donors (Lipinski definition) is 4. The molecule has 4 N–H and O–H groups in total. The fraction of sp³-hybridized carbons (Fsp3) is 0.385. The molecule has 0 aromatic heterocycles. The van der Waals surface area contributed by atoms with Crippen molar-refractivity contribution in [1.82, 2.24) is 5.32 Å². The van der Waals surface area contributed by atoms with Crippen molar-refractivity contribution < 1.29 is 72.7 Å². The Morgan fingerprint density at radius 2 is 1.41 bits per heavy atom. The summed E-state index contributed by atoms with van der Waals surface area (Å²) >= 11 is 0.